The number of benzene rings is 1. The lowest BCUT2D eigenvalue weighted by Crippen LogP contribution is -2.23. The Balaban J connectivity index is 1.66. The van der Waals surface area contributed by atoms with Gasteiger partial charge in [-0.1, -0.05) is 71.9 Å². The summed E-state index contributed by atoms with van der Waals surface area (Å²) in [5.74, 6) is 0.905. The van der Waals surface area contributed by atoms with Crippen molar-refractivity contribution in [3.8, 4) is 22.8 Å². The quantitative estimate of drug-likeness (QED) is 0.311. The molecule has 0 spiro atoms. The lowest BCUT2D eigenvalue weighted by Gasteiger charge is -2.29. The fraction of sp³-hybridized carbons (Fsp3) is 0.452. The maximum absolute atomic E-state index is 5.43. The number of nitrogens with zero attached hydrogens (tertiary/aromatic N) is 3. The number of hydrogen-bond acceptors (Lipinski definition) is 3. The third-order valence-electron chi connectivity index (χ3n) is 8.07. The van der Waals surface area contributed by atoms with Gasteiger partial charge in [-0.3, -0.25) is 10.2 Å². The van der Waals surface area contributed by atoms with Crippen LogP contribution < -0.4 is 0 Å². The molecule has 0 saturated heterocycles. The second-order valence-electron chi connectivity index (χ2n) is 12.0. The van der Waals surface area contributed by atoms with Crippen LogP contribution in [0.4, 0.5) is 0 Å². The molecule has 0 bridgehead atoms. The maximum atomic E-state index is 5.43. The summed E-state index contributed by atoms with van der Waals surface area (Å²) in [5, 5.41) is 19.1. The fourth-order valence-electron chi connectivity index (χ4n) is 6.41. The summed E-state index contributed by atoms with van der Waals surface area (Å²) < 4.78 is 0. The van der Waals surface area contributed by atoms with Gasteiger partial charge in [-0.05, 0) is 54.9 Å². The molecule has 5 nitrogen and oxygen atoms in total. The summed E-state index contributed by atoms with van der Waals surface area (Å²) in [6, 6.07) is 6.65. The van der Waals surface area contributed by atoms with Gasteiger partial charge in [-0.25, -0.2) is 4.98 Å². The molecule has 1 aromatic carbocycles. The van der Waals surface area contributed by atoms with Crippen LogP contribution in [0.1, 0.15) is 93.9 Å². The molecule has 0 fully saturated rings. The van der Waals surface area contributed by atoms with E-state index in [1.54, 1.807) is 0 Å². The molecule has 3 aromatic heterocycles. The SMILES string of the molecule is CC(C)Cc1[nH]nc(-c2nc(-c3n[nH]c4c3CCCC4(C)C)c3cccc4c3c2C=CC4)c1C(C)C. The molecule has 0 saturated carbocycles. The molecule has 5 heteroatoms. The number of H-pyrrole nitrogens is 2. The number of rotatable bonds is 5. The van der Waals surface area contributed by atoms with Crippen LogP contribution in [0.3, 0.4) is 0 Å². The highest BCUT2D eigenvalue weighted by Crippen LogP contribution is 2.44. The zero-order valence-corrected chi connectivity index (χ0v) is 22.4. The van der Waals surface area contributed by atoms with Crippen molar-refractivity contribution in [1.29, 1.82) is 0 Å². The van der Waals surface area contributed by atoms with Crippen molar-refractivity contribution in [2.24, 2.45) is 5.92 Å². The predicted octanol–water partition coefficient (Wildman–Crippen LogP) is 7.52. The molecule has 4 aromatic rings. The zero-order valence-electron chi connectivity index (χ0n) is 22.4. The van der Waals surface area contributed by atoms with Crippen molar-refractivity contribution < 1.29 is 0 Å². The molecule has 36 heavy (non-hydrogen) atoms. The summed E-state index contributed by atoms with van der Waals surface area (Å²) >= 11 is 0. The van der Waals surface area contributed by atoms with E-state index in [4.69, 9.17) is 15.2 Å². The van der Waals surface area contributed by atoms with Crippen LogP contribution in [-0.4, -0.2) is 25.4 Å². The minimum atomic E-state index is 0.107. The van der Waals surface area contributed by atoms with Gasteiger partial charge in [0.2, 0.25) is 0 Å². The molecule has 6 rings (SSSR count). The van der Waals surface area contributed by atoms with E-state index in [2.05, 4.69) is 82.1 Å². The molecule has 2 aliphatic carbocycles. The monoisotopic (exact) mass is 479 g/mol. The minimum Gasteiger partial charge on any atom is -0.282 e. The Labute approximate surface area is 213 Å². The van der Waals surface area contributed by atoms with E-state index >= 15 is 0 Å². The van der Waals surface area contributed by atoms with Gasteiger partial charge in [0, 0.05) is 38.9 Å². The first-order chi connectivity index (χ1) is 17.3. The average Bonchev–Trinajstić information content (AvgIpc) is 3.45. The first-order valence-corrected chi connectivity index (χ1v) is 13.5. The first kappa shape index (κ1) is 23.2. The molecular weight excluding hydrogens is 442 g/mol. The standard InChI is InChI=1S/C31H37N5/c1-17(2)16-23-24(18(3)4)29(35-33-23)27-21-13-8-11-19-10-7-12-20(25(19)21)26(32-27)28-22-14-9-15-31(5,6)30(22)36-34-28/h7-8,10,12-13,17-18H,9,11,14-16H2,1-6H3,(H,33,35)(H,34,36). The van der Waals surface area contributed by atoms with E-state index in [1.165, 1.54) is 57.3 Å². The van der Waals surface area contributed by atoms with Gasteiger partial charge in [-0.2, -0.15) is 10.2 Å². The second kappa shape index (κ2) is 8.43. The number of aromatic amines is 2. The van der Waals surface area contributed by atoms with E-state index in [0.29, 0.717) is 11.8 Å². The Bertz CT molecular complexity index is 1500. The van der Waals surface area contributed by atoms with Crippen molar-refractivity contribution in [2.45, 2.75) is 85.0 Å². The van der Waals surface area contributed by atoms with Crippen LogP contribution in [-0.2, 0) is 24.7 Å². The number of allylic oxidation sites excluding steroid dienone is 1. The molecule has 2 N–H and O–H groups in total. The van der Waals surface area contributed by atoms with Gasteiger partial charge in [0.25, 0.3) is 0 Å². The molecule has 0 atom stereocenters. The summed E-state index contributed by atoms with van der Waals surface area (Å²) in [7, 11) is 0. The van der Waals surface area contributed by atoms with Gasteiger partial charge in [-0.15, -0.1) is 0 Å². The molecule has 0 unspecified atom stereocenters. The Morgan fingerprint density at radius 2 is 1.78 bits per heavy atom. The number of fused-ring (bicyclic) bond motifs is 1. The van der Waals surface area contributed by atoms with Crippen LogP contribution in [0.15, 0.2) is 24.3 Å². The van der Waals surface area contributed by atoms with Gasteiger partial charge in [0.15, 0.2) is 0 Å². The van der Waals surface area contributed by atoms with Crippen molar-refractivity contribution in [2.75, 3.05) is 0 Å². The third-order valence-corrected chi connectivity index (χ3v) is 8.07. The Morgan fingerprint density at radius 1 is 0.972 bits per heavy atom. The highest BCUT2D eigenvalue weighted by molar-refractivity contribution is 6.05. The molecule has 2 aliphatic rings. The second-order valence-corrected chi connectivity index (χ2v) is 12.0. The normalized spacial score (nSPS) is 16.3. The molecule has 3 heterocycles. The van der Waals surface area contributed by atoms with E-state index in [9.17, 15) is 0 Å². The van der Waals surface area contributed by atoms with Gasteiger partial charge in [0.05, 0.1) is 11.4 Å². The van der Waals surface area contributed by atoms with Crippen LogP contribution in [0.5, 0.6) is 0 Å². The number of nitrogens with one attached hydrogen (secondary N) is 2. The van der Waals surface area contributed by atoms with Crippen molar-refractivity contribution in [3.05, 3.63) is 57.9 Å². The molecule has 0 aliphatic heterocycles. The van der Waals surface area contributed by atoms with Crippen molar-refractivity contribution >= 4 is 16.8 Å². The van der Waals surface area contributed by atoms with E-state index in [0.717, 1.165) is 42.0 Å². The summed E-state index contributed by atoms with van der Waals surface area (Å²) in [4.78, 5) is 5.43. The minimum absolute atomic E-state index is 0.107. The highest BCUT2D eigenvalue weighted by Gasteiger charge is 2.33. The maximum Gasteiger partial charge on any atom is 0.115 e. The number of aromatic nitrogens is 5. The summed E-state index contributed by atoms with van der Waals surface area (Å²) in [6.07, 6.45) is 9.84. The van der Waals surface area contributed by atoms with E-state index in [-0.39, 0.29) is 5.41 Å². The molecular formula is C31H37N5. The van der Waals surface area contributed by atoms with Crippen LogP contribution in [0.2, 0.25) is 0 Å². The Morgan fingerprint density at radius 3 is 2.56 bits per heavy atom. The number of hydrogen-bond donors (Lipinski definition) is 2. The van der Waals surface area contributed by atoms with Gasteiger partial charge < -0.3 is 0 Å². The first-order valence-electron chi connectivity index (χ1n) is 13.5. The molecule has 0 radical (unpaired) electrons. The highest BCUT2D eigenvalue weighted by atomic mass is 15.1. The molecule has 186 valence electrons. The Kier molecular flexibility index (Phi) is 5.43. The topological polar surface area (TPSA) is 70.2 Å². The van der Waals surface area contributed by atoms with Gasteiger partial charge in [0.1, 0.15) is 11.4 Å². The number of pyridine rings is 1. The van der Waals surface area contributed by atoms with Crippen molar-refractivity contribution in [3.63, 3.8) is 0 Å². The average molecular weight is 480 g/mol. The van der Waals surface area contributed by atoms with Gasteiger partial charge >= 0.3 is 0 Å². The van der Waals surface area contributed by atoms with E-state index in [1.807, 2.05) is 0 Å². The molecule has 0 amide bonds. The van der Waals surface area contributed by atoms with E-state index < -0.39 is 0 Å². The fourth-order valence-corrected chi connectivity index (χ4v) is 6.41. The van der Waals surface area contributed by atoms with Crippen LogP contribution in [0, 0.1) is 5.92 Å². The summed E-state index contributed by atoms with van der Waals surface area (Å²) in [6.45, 7) is 13.7. The largest absolute Gasteiger partial charge is 0.282 e. The van der Waals surface area contributed by atoms with Crippen molar-refractivity contribution in [1.82, 2.24) is 25.4 Å². The Hall–Kier alpha value is -3.21. The van der Waals surface area contributed by atoms with Crippen LogP contribution >= 0.6 is 0 Å². The third kappa shape index (κ3) is 3.55. The predicted molar refractivity (Wildman–Crippen MR) is 148 cm³/mol. The lowest BCUT2D eigenvalue weighted by molar-refractivity contribution is 0.420. The van der Waals surface area contributed by atoms with Crippen LogP contribution in [0.25, 0.3) is 39.6 Å². The lowest BCUT2D eigenvalue weighted by atomic mass is 9.76. The summed E-state index contributed by atoms with van der Waals surface area (Å²) in [5.41, 5.74) is 11.7. The smallest absolute Gasteiger partial charge is 0.115 e. The zero-order chi connectivity index (χ0) is 25.2.